The second kappa shape index (κ2) is 6.59. The molecule has 1 aliphatic rings. The van der Waals surface area contributed by atoms with Crippen molar-refractivity contribution in [2.75, 3.05) is 11.4 Å². The minimum atomic E-state index is -0.188. The third-order valence-corrected chi connectivity index (χ3v) is 5.00. The quantitative estimate of drug-likeness (QED) is 0.625. The van der Waals surface area contributed by atoms with E-state index in [4.69, 9.17) is 4.42 Å². The van der Waals surface area contributed by atoms with Gasteiger partial charge in [-0.15, -0.1) is 10.2 Å². The summed E-state index contributed by atoms with van der Waals surface area (Å²) in [4.78, 5) is 2.00. The normalized spacial score (nSPS) is 13.8. The number of anilines is 1. The molecular weight excluding hydrogens is 385 g/mol. The Balaban J connectivity index is 1.62. The number of rotatable bonds is 3. The van der Waals surface area contributed by atoms with Gasteiger partial charge < -0.3 is 9.32 Å². The molecule has 2 heterocycles. The van der Waals surface area contributed by atoms with E-state index >= 15 is 0 Å². The summed E-state index contributed by atoms with van der Waals surface area (Å²) >= 11 is 3.44. The standard InChI is InChI=1S/C19H17BrFN3O/c1-12-7-8-16(21)18-15(12)6-3-9-24(18)11-17-22-23-19(25-17)13-4-2-5-14(20)10-13/h2,4-5,7-8,10H,3,6,9,11H2,1H3. The van der Waals surface area contributed by atoms with Crippen LogP contribution in [0.15, 0.2) is 45.3 Å². The van der Waals surface area contributed by atoms with Crippen LogP contribution < -0.4 is 4.90 Å². The van der Waals surface area contributed by atoms with Crippen LogP contribution in [-0.2, 0) is 13.0 Å². The van der Waals surface area contributed by atoms with Gasteiger partial charge in [0.05, 0.1) is 12.2 Å². The zero-order valence-electron chi connectivity index (χ0n) is 13.8. The summed E-state index contributed by atoms with van der Waals surface area (Å²) in [5.74, 6) is 0.772. The number of nitrogens with zero attached hydrogens (tertiary/aromatic N) is 3. The highest BCUT2D eigenvalue weighted by Gasteiger charge is 2.24. The van der Waals surface area contributed by atoms with Crippen molar-refractivity contribution in [3.8, 4) is 11.5 Å². The van der Waals surface area contributed by atoms with Crippen molar-refractivity contribution in [1.29, 1.82) is 0 Å². The molecule has 0 spiro atoms. The zero-order valence-corrected chi connectivity index (χ0v) is 15.4. The predicted octanol–water partition coefficient (Wildman–Crippen LogP) is 4.90. The molecule has 0 bridgehead atoms. The molecule has 0 N–H and O–H groups in total. The van der Waals surface area contributed by atoms with Crippen LogP contribution in [0.2, 0.25) is 0 Å². The Morgan fingerprint density at radius 3 is 2.96 bits per heavy atom. The average molecular weight is 402 g/mol. The molecular formula is C19H17BrFN3O. The van der Waals surface area contributed by atoms with E-state index in [0.717, 1.165) is 40.5 Å². The van der Waals surface area contributed by atoms with Crippen molar-refractivity contribution in [3.05, 3.63) is 63.7 Å². The lowest BCUT2D eigenvalue weighted by Crippen LogP contribution is -2.30. The number of fused-ring (bicyclic) bond motifs is 1. The molecule has 0 atom stereocenters. The fraction of sp³-hybridized carbons (Fsp3) is 0.263. The summed E-state index contributed by atoms with van der Waals surface area (Å²) in [6.07, 6.45) is 1.90. The Morgan fingerprint density at radius 1 is 1.24 bits per heavy atom. The first-order chi connectivity index (χ1) is 12.1. The summed E-state index contributed by atoms with van der Waals surface area (Å²) in [6, 6.07) is 11.1. The maximum absolute atomic E-state index is 14.4. The van der Waals surface area contributed by atoms with E-state index < -0.39 is 0 Å². The molecule has 0 saturated carbocycles. The predicted molar refractivity (Wildman–Crippen MR) is 97.9 cm³/mol. The lowest BCUT2D eigenvalue weighted by atomic mass is 9.96. The van der Waals surface area contributed by atoms with E-state index in [1.807, 2.05) is 42.2 Å². The summed E-state index contributed by atoms with van der Waals surface area (Å²) in [5, 5.41) is 8.28. The summed E-state index contributed by atoms with van der Waals surface area (Å²) in [6.45, 7) is 3.22. The molecule has 0 radical (unpaired) electrons. The molecule has 25 heavy (non-hydrogen) atoms. The first kappa shape index (κ1) is 16.3. The summed E-state index contributed by atoms with van der Waals surface area (Å²) in [7, 11) is 0. The smallest absolute Gasteiger partial charge is 0.247 e. The van der Waals surface area contributed by atoms with Gasteiger partial charge in [0.1, 0.15) is 5.82 Å². The Bertz CT molecular complexity index is 925. The third-order valence-electron chi connectivity index (χ3n) is 4.50. The molecule has 3 aromatic rings. The van der Waals surface area contributed by atoms with Crippen molar-refractivity contribution < 1.29 is 8.81 Å². The first-order valence-corrected chi connectivity index (χ1v) is 9.02. The second-order valence-corrected chi connectivity index (χ2v) is 7.14. The van der Waals surface area contributed by atoms with E-state index in [9.17, 15) is 4.39 Å². The minimum Gasteiger partial charge on any atom is -0.419 e. The van der Waals surface area contributed by atoms with Gasteiger partial charge in [-0.3, -0.25) is 0 Å². The van der Waals surface area contributed by atoms with Gasteiger partial charge in [-0.05, 0) is 55.2 Å². The second-order valence-electron chi connectivity index (χ2n) is 6.23. The maximum Gasteiger partial charge on any atom is 0.247 e. The average Bonchev–Trinajstić information content (AvgIpc) is 3.07. The summed E-state index contributed by atoms with van der Waals surface area (Å²) < 4.78 is 21.2. The zero-order chi connectivity index (χ0) is 17.4. The Kier molecular flexibility index (Phi) is 4.29. The van der Waals surface area contributed by atoms with Crippen LogP contribution in [0.4, 0.5) is 10.1 Å². The van der Waals surface area contributed by atoms with Crippen LogP contribution in [0.3, 0.4) is 0 Å². The van der Waals surface area contributed by atoms with Crippen LogP contribution in [0.5, 0.6) is 0 Å². The third kappa shape index (κ3) is 3.18. The van der Waals surface area contributed by atoms with Gasteiger partial charge in [-0.1, -0.05) is 28.1 Å². The van der Waals surface area contributed by atoms with Crippen molar-refractivity contribution in [3.63, 3.8) is 0 Å². The monoisotopic (exact) mass is 401 g/mol. The number of hydrogen-bond acceptors (Lipinski definition) is 4. The van der Waals surface area contributed by atoms with Gasteiger partial charge in [0.2, 0.25) is 11.8 Å². The van der Waals surface area contributed by atoms with Crippen molar-refractivity contribution in [2.24, 2.45) is 0 Å². The van der Waals surface area contributed by atoms with Crippen LogP contribution in [0.25, 0.3) is 11.5 Å². The van der Waals surface area contributed by atoms with E-state index in [-0.39, 0.29) is 5.82 Å². The molecule has 0 amide bonds. The van der Waals surface area contributed by atoms with Crippen LogP contribution in [0.1, 0.15) is 23.4 Å². The van der Waals surface area contributed by atoms with E-state index in [1.54, 1.807) is 0 Å². The molecule has 128 valence electrons. The van der Waals surface area contributed by atoms with E-state index in [2.05, 4.69) is 26.1 Å². The van der Waals surface area contributed by atoms with Gasteiger partial charge in [-0.25, -0.2) is 4.39 Å². The molecule has 0 aliphatic carbocycles. The molecule has 0 fully saturated rings. The van der Waals surface area contributed by atoms with Crippen LogP contribution in [-0.4, -0.2) is 16.7 Å². The molecule has 4 rings (SSSR count). The van der Waals surface area contributed by atoms with Gasteiger partial charge in [0.15, 0.2) is 0 Å². The van der Waals surface area contributed by atoms with Crippen LogP contribution >= 0.6 is 15.9 Å². The largest absolute Gasteiger partial charge is 0.419 e. The van der Waals surface area contributed by atoms with Gasteiger partial charge in [0.25, 0.3) is 0 Å². The SMILES string of the molecule is Cc1ccc(F)c2c1CCCN2Cc1nnc(-c2cccc(Br)c2)o1. The fourth-order valence-corrected chi connectivity index (χ4v) is 3.70. The minimum absolute atomic E-state index is 0.188. The molecule has 6 heteroatoms. The molecule has 1 aromatic heterocycles. The highest BCUT2D eigenvalue weighted by atomic mass is 79.9. The highest BCUT2D eigenvalue weighted by molar-refractivity contribution is 9.10. The number of halogens is 2. The lowest BCUT2D eigenvalue weighted by molar-refractivity contribution is 0.489. The highest BCUT2D eigenvalue weighted by Crippen LogP contribution is 2.33. The molecule has 4 nitrogen and oxygen atoms in total. The lowest BCUT2D eigenvalue weighted by Gasteiger charge is -2.31. The fourth-order valence-electron chi connectivity index (χ4n) is 3.30. The van der Waals surface area contributed by atoms with Gasteiger partial charge >= 0.3 is 0 Å². The molecule has 0 unspecified atom stereocenters. The maximum atomic E-state index is 14.4. The topological polar surface area (TPSA) is 42.2 Å². The first-order valence-electron chi connectivity index (χ1n) is 8.23. The van der Waals surface area contributed by atoms with E-state index in [1.165, 1.54) is 6.07 Å². The number of benzene rings is 2. The van der Waals surface area contributed by atoms with Crippen LogP contribution in [0, 0.1) is 12.7 Å². The van der Waals surface area contributed by atoms with Crippen molar-refractivity contribution >= 4 is 21.6 Å². The molecule has 2 aromatic carbocycles. The van der Waals surface area contributed by atoms with Crippen molar-refractivity contribution in [2.45, 2.75) is 26.3 Å². The molecule has 1 aliphatic heterocycles. The van der Waals surface area contributed by atoms with Gasteiger partial charge in [-0.2, -0.15) is 0 Å². The number of aromatic nitrogens is 2. The summed E-state index contributed by atoms with van der Waals surface area (Å²) in [5.41, 5.74) is 3.74. The number of hydrogen-bond donors (Lipinski definition) is 0. The molecule has 0 saturated heterocycles. The number of aryl methyl sites for hydroxylation is 1. The van der Waals surface area contributed by atoms with E-state index in [0.29, 0.717) is 24.0 Å². The van der Waals surface area contributed by atoms with Crippen molar-refractivity contribution in [1.82, 2.24) is 10.2 Å². The Morgan fingerprint density at radius 2 is 2.12 bits per heavy atom. The Hall–Kier alpha value is -2.21. The Labute approximate surface area is 153 Å². The van der Waals surface area contributed by atoms with Gasteiger partial charge in [0, 0.05) is 16.6 Å².